The fourth-order valence-electron chi connectivity index (χ4n) is 1.55. The van der Waals surface area contributed by atoms with E-state index in [-0.39, 0.29) is 17.3 Å². The van der Waals surface area contributed by atoms with E-state index < -0.39 is 17.9 Å². The Hall–Kier alpha value is -2.05. The van der Waals surface area contributed by atoms with Gasteiger partial charge in [0.1, 0.15) is 6.04 Å². The van der Waals surface area contributed by atoms with E-state index in [1.54, 1.807) is 24.7 Å². The van der Waals surface area contributed by atoms with Crippen molar-refractivity contribution in [1.82, 2.24) is 15.1 Å². The average molecular weight is 253 g/mol. The molecule has 0 saturated heterocycles. The summed E-state index contributed by atoms with van der Waals surface area (Å²) >= 11 is 0. The number of carbonyl (C=O) groups is 2. The summed E-state index contributed by atoms with van der Waals surface area (Å²) in [6, 6.07) is -0.733. The zero-order valence-electron chi connectivity index (χ0n) is 10.8. The number of rotatable bonds is 5. The van der Waals surface area contributed by atoms with Gasteiger partial charge in [0.25, 0.3) is 5.91 Å². The maximum atomic E-state index is 11.9. The maximum absolute atomic E-state index is 11.9. The van der Waals surface area contributed by atoms with Gasteiger partial charge in [-0.2, -0.15) is 5.10 Å². The minimum absolute atomic E-state index is 0.0964. The summed E-state index contributed by atoms with van der Waals surface area (Å²) in [5.41, 5.74) is 11.3. The molecule has 0 bridgehead atoms. The molecule has 7 heteroatoms. The Kier molecular flexibility index (Phi) is 4.30. The molecule has 0 spiro atoms. The van der Waals surface area contributed by atoms with E-state index in [0.717, 1.165) is 0 Å². The van der Waals surface area contributed by atoms with E-state index in [1.807, 2.05) is 6.92 Å². The molecule has 100 valence electrons. The standard InChI is InChI=1S/C11H19N5O2/c1-4-16-5-7(12)9(15-16)11(18)14-8(6(2)3)10(13)17/h5-6,8H,4,12H2,1-3H3,(H2,13,17)(H,14,18). The van der Waals surface area contributed by atoms with Crippen molar-refractivity contribution in [2.45, 2.75) is 33.4 Å². The second-order valence-corrected chi connectivity index (χ2v) is 4.39. The predicted octanol–water partition coefficient (Wildman–Crippen LogP) is -0.275. The molecule has 0 fully saturated rings. The molecule has 0 aliphatic rings. The number of amides is 2. The van der Waals surface area contributed by atoms with E-state index in [2.05, 4.69) is 10.4 Å². The molecule has 5 N–H and O–H groups in total. The predicted molar refractivity (Wildman–Crippen MR) is 67.6 cm³/mol. The molecule has 18 heavy (non-hydrogen) atoms. The molecule has 1 heterocycles. The fraction of sp³-hybridized carbons (Fsp3) is 0.545. The van der Waals surface area contributed by atoms with Crippen LogP contribution in [0.4, 0.5) is 5.69 Å². The highest BCUT2D eigenvalue weighted by Gasteiger charge is 2.24. The molecule has 1 aromatic rings. The van der Waals surface area contributed by atoms with Gasteiger partial charge in [0.05, 0.1) is 5.69 Å². The summed E-state index contributed by atoms with van der Waals surface area (Å²) in [7, 11) is 0. The first-order valence-corrected chi connectivity index (χ1v) is 5.79. The summed E-state index contributed by atoms with van der Waals surface area (Å²) in [4.78, 5) is 23.1. The van der Waals surface area contributed by atoms with E-state index >= 15 is 0 Å². The first kappa shape index (κ1) is 14.0. The van der Waals surface area contributed by atoms with Crippen molar-refractivity contribution in [3.05, 3.63) is 11.9 Å². The number of hydrogen-bond acceptors (Lipinski definition) is 4. The Morgan fingerprint density at radius 2 is 2.11 bits per heavy atom. The molecule has 0 radical (unpaired) electrons. The molecule has 0 aromatic carbocycles. The van der Waals surface area contributed by atoms with Crippen LogP contribution in [0.15, 0.2) is 6.20 Å². The largest absolute Gasteiger partial charge is 0.396 e. The average Bonchev–Trinajstić information content (AvgIpc) is 2.66. The van der Waals surface area contributed by atoms with Crippen LogP contribution in [-0.4, -0.2) is 27.6 Å². The van der Waals surface area contributed by atoms with Crippen LogP contribution in [0, 0.1) is 5.92 Å². The van der Waals surface area contributed by atoms with E-state index in [0.29, 0.717) is 6.54 Å². The van der Waals surface area contributed by atoms with Crippen molar-refractivity contribution in [3.8, 4) is 0 Å². The quantitative estimate of drug-likeness (QED) is 0.669. The van der Waals surface area contributed by atoms with E-state index in [1.165, 1.54) is 0 Å². The number of carbonyl (C=O) groups excluding carboxylic acids is 2. The van der Waals surface area contributed by atoms with Crippen molar-refractivity contribution in [2.24, 2.45) is 11.7 Å². The second-order valence-electron chi connectivity index (χ2n) is 4.39. The third-order valence-corrected chi connectivity index (χ3v) is 2.59. The van der Waals surface area contributed by atoms with Gasteiger partial charge in [-0.3, -0.25) is 14.3 Å². The molecule has 0 saturated carbocycles. The van der Waals surface area contributed by atoms with Crippen LogP contribution in [0.25, 0.3) is 0 Å². The van der Waals surface area contributed by atoms with E-state index in [9.17, 15) is 9.59 Å². The number of nitrogens with one attached hydrogen (secondary N) is 1. The van der Waals surface area contributed by atoms with Crippen LogP contribution in [0.5, 0.6) is 0 Å². The summed E-state index contributed by atoms with van der Waals surface area (Å²) in [5, 5.41) is 6.57. The van der Waals surface area contributed by atoms with Crippen LogP contribution < -0.4 is 16.8 Å². The van der Waals surface area contributed by atoms with Crippen LogP contribution >= 0.6 is 0 Å². The smallest absolute Gasteiger partial charge is 0.274 e. The highest BCUT2D eigenvalue weighted by molar-refractivity contribution is 5.99. The topological polar surface area (TPSA) is 116 Å². The van der Waals surface area contributed by atoms with Crippen LogP contribution in [-0.2, 0) is 11.3 Å². The van der Waals surface area contributed by atoms with Crippen molar-refractivity contribution < 1.29 is 9.59 Å². The van der Waals surface area contributed by atoms with Gasteiger partial charge in [0.2, 0.25) is 5.91 Å². The molecule has 0 aliphatic carbocycles. The molecule has 1 aromatic heterocycles. The zero-order chi connectivity index (χ0) is 13.9. The second kappa shape index (κ2) is 5.52. The molecule has 1 atom stereocenters. The number of nitrogens with two attached hydrogens (primary N) is 2. The number of primary amides is 1. The van der Waals surface area contributed by atoms with Gasteiger partial charge in [-0.25, -0.2) is 0 Å². The lowest BCUT2D eigenvalue weighted by molar-refractivity contribution is -0.120. The third kappa shape index (κ3) is 2.99. The lowest BCUT2D eigenvalue weighted by Gasteiger charge is -2.18. The number of aryl methyl sites for hydroxylation is 1. The highest BCUT2D eigenvalue weighted by Crippen LogP contribution is 2.10. The Morgan fingerprint density at radius 3 is 2.50 bits per heavy atom. The van der Waals surface area contributed by atoms with Gasteiger partial charge >= 0.3 is 0 Å². The zero-order valence-corrected chi connectivity index (χ0v) is 10.8. The summed E-state index contributed by atoms with van der Waals surface area (Å²) < 4.78 is 1.55. The van der Waals surface area contributed by atoms with Gasteiger partial charge in [-0.05, 0) is 12.8 Å². The van der Waals surface area contributed by atoms with E-state index in [4.69, 9.17) is 11.5 Å². The number of aromatic nitrogens is 2. The Balaban J connectivity index is 2.87. The van der Waals surface area contributed by atoms with Crippen molar-refractivity contribution >= 4 is 17.5 Å². The van der Waals surface area contributed by atoms with Crippen molar-refractivity contribution in [2.75, 3.05) is 5.73 Å². The van der Waals surface area contributed by atoms with Crippen molar-refractivity contribution in [1.29, 1.82) is 0 Å². The Bertz CT molecular complexity index is 452. The lowest BCUT2D eigenvalue weighted by atomic mass is 10.0. The molecule has 1 rings (SSSR count). The maximum Gasteiger partial charge on any atom is 0.274 e. The summed E-state index contributed by atoms with van der Waals surface area (Å²) in [5.74, 6) is -1.16. The molecular formula is C11H19N5O2. The third-order valence-electron chi connectivity index (χ3n) is 2.59. The van der Waals surface area contributed by atoms with Crippen LogP contribution in [0.3, 0.4) is 0 Å². The fourth-order valence-corrected chi connectivity index (χ4v) is 1.55. The lowest BCUT2D eigenvalue weighted by Crippen LogP contribution is -2.47. The van der Waals surface area contributed by atoms with Gasteiger partial charge in [0.15, 0.2) is 5.69 Å². The van der Waals surface area contributed by atoms with Gasteiger partial charge < -0.3 is 16.8 Å². The van der Waals surface area contributed by atoms with Gasteiger partial charge in [0, 0.05) is 12.7 Å². The minimum Gasteiger partial charge on any atom is -0.396 e. The SMILES string of the molecule is CCn1cc(N)c(C(=O)NC(C(N)=O)C(C)C)n1. The number of nitrogen functional groups attached to an aromatic ring is 1. The number of anilines is 1. The Morgan fingerprint density at radius 1 is 1.50 bits per heavy atom. The van der Waals surface area contributed by atoms with Crippen LogP contribution in [0.1, 0.15) is 31.3 Å². The Labute approximate surface area is 106 Å². The summed E-state index contributed by atoms with van der Waals surface area (Å²) in [6.07, 6.45) is 1.57. The first-order chi connectivity index (χ1) is 8.36. The normalized spacial score (nSPS) is 12.4. The minimum atomic E-state index is -0.733. The van der Waals surface area contributed by atoms with Gasteiger partial charge in [-0.15, -0.1) is 0 Å². The number of nitrogens with zero attached hydrogens (tertiary/aromatic N) is 2. The molecule has 7 nitrogen and oxygen atoms in total. The summed E-state index contributed by atoms with van der Waals surface area (Å²) in [6.45, 7) is 6.09. The molecule has 2 amide bonds. The van der Waals surface area contributed by atoms with Crippen molar-refractivity contribution in [3.63, 3.8) is 0 Å². The highest BCUT2D eigenvalue weighted by atomic mass is 16.2. The number of hydrogen-bond donors (Lipinski definition) is 3. The monoisotopic (exact) mass is 253 g/mol. The molecular weight excluding hydrogens is 234 g/mol. The molecule has 0 aliphatic heterocycles. The van der Waals surface area contributed by atoms with Gasteiger partial charge in [-0.1, -0.05) is 13.8 Å². The first-order valence-electron chi connectivity index (χ1n) is 5.79. The van der Waals surface area contributed by atoms with Crippen LogP contribution in [0.2, 0.25) is 0 Å². The molecule has 1 unspecified atom stereocenters.